The van der Waals surface area contributed by atoms with Gasteiger partial charge < -0.3 is 24.8 Å². The van der Waals surface area contributed by atoms with Crippen LogP contribution < -0.4 is 9.47 Å². The molecule has 6 nitrogen and oxygen atoms in total. The van der Waals surface area contributed by atoms with Gasteiger partial charge in [-0.05, 0) is 11.6 Å². The second-order valence-corrected chi connectivity index (χ2v) is 5.84. The fourth-order valence-electron chi connectivity index (χ4n) is 3.21. The van der Waals surface area contributed by atoms with Gasteiger partial charge in [-0.1, -0.05) is 19.6 Å². The summed E-state index contributed by atoms with van der Waals surface area (Å²) in [7, 11) is 2.72. The minimum atomic E-state index is -1.12. The van der Waals surface area contributed by atoms with Crippen molar-refractivity contribution in [3.05, 3.63) is 46.8 Å². The lowest BCUT2D eigenvalue weighted by atomic mass is 9.74. The number of methoxy groups -OCH3 is 2. The standard InChI is InChI=1S/C18H18O6/c1-7-5-9-12(17(22)14(7)19)8(2)13-10(15(9)20)6-11(23-3)16(21)18(13)24-4/h5-7,14,19,21-22H,2H2,1,3-4H3/t7-,14-/m1/s1. The molecule has 2 atom stereocenters. The van der Waals surface area contributed by atoms with E-state index in [2.05, 4.69) is 6.58 Å². The molecule has 0 aromatic heterocycles. The van der Waals surface area contributed by atoms with E-state index in [9.17, 15) is 20.1 Å². The molecule has 1 aromatic carbocycles. The number of ether oxygens (including phenoxy) is 2. The Morgan fingerprint density at radius 1 is 1.21 bits per heavy atom. The number of Topliss-reactive ketones (excluding diaryl/α,β-unsaturated/α-hetero) is 1. The van der Waals surface area contributed by atoms with Crippen molar-refractivity contribution in [3.8, 4) is 17.2 Å². The fraction of sp³-hybridized carbons (Fsp3) is 0.278. The predicted octanol–water partition coefficient (Wildman–Crippen LogP) is 2.37. The molecule has 0 saturated heterocycles. The first-order valence-corrected chi connectivity index (χ1v) is 7.39. The van der Waals surface area contributed by atoms with E-state index in [4.69, 9.17) is 9.47 Å². The molecule has 3 N–H and O–H groups in total. The number of rotatable bonds is 2. The molecule has 2 aliphatic rings. The molecule has 1 aromatic rings. The van der Waals surface area contributed by atoms with E-state index in [1.54, 1.807) is 13.0 Å². The van der Waals surface area contributed by atoms with Gasteiger partial charge in [0.25, 0.3) is 0 Å². The van der Waals surface area contributed by atoms with E-state index >= 15 is 0 Å². The summed E-state index contributed by atoms with van der Waals surface area (Å²) in [5, 5.41) is 30.7. The van der Waals surface area contributed by atoms with E-state index in [0.29, 0.717) is 5.57 Å². The van der Waals surface area contributed by atoms with E-state index in [0.717, 1.165) is 0 Å². The molecule has 6 heteroatoms. The van der Waals surface area contributed by atoms with Gasteiger partial charge in [0.15, 0.2) is 17.3 Å². The highest BCUT2D eigenvalue weighted by Crippen LogP contribution is 2.51. The van der Waals surface area contributed by atoms with Crippen LogP contribution >= 0.6 is 0 Å². The zero-order valence-electron chi connectivity index (χ0n) is 13.6. The monoisotopic (exact) mass is 330 g/mol. The number of aliphatic hydroxyl groups is 2. The topological polar surface area (TPSA) is 96.2 Å². The summed E-state index contributed by atoms with van der Waals surface area (Å²) < 4.78 is 10.3. The number of carbonyl (C=O) groups excluding carboxylic acids is 1. The normalized spacial score (nSPS) is 22.8. The quantitative estimate of drug-likeness (QED) is 0.770. The van der Waals surface area contributed by atoms with E-state index in [1.165, 1.54) is 20.3 Å². The number of benzene rings is 1. The molecule has 24 heavy (non-hydrogen) atoms. The van der Waals surface area contributed by atoms with Crippen LogP contribution in [0, 0.1) is 5.92 Å². The molecule has 0 spiro atoms. The Morgan fingerprint density at radius 3 is 2.46 bits per heavy atom. The smallest absolute Gasteiger partial charge is 0.201 e. The third kappa shape index (κ3) is 1.96. The number of phenols is 1. The van der Waals surface area contributed by atoms with Crippen LogP contribution in [0.4, 0.5) is 0 Å². The number of carbonyl (C=O) groups is 1. The summed E-state index contributed by atoms with van der Waals surface area (Å²) in [5.41, 5.74) is 1.30. The Morgan fingerprint density at radius 2 is 1.88 bits per heavy atom. The van der Waals surface area contributed by atoms with Gasteiger partial charge in [0, 0.05) is 28.2 Å². The number of phenolic OH excluding ortho intramolecular Hbond substituents is 1. The number of hydrogen-bond donors (Lipinski definition) is 3. The van der Waals surface area contributed by atoms with Crippen molar-refractivity contribution in [1.82, 2.24) is 0 Å². The van der Waals surface area contributed by atoms with Crippen molar-refractivity contribution in [2.24, 2.45) is 5.92 Å². The van der Waals surface area contributed by atoms with Gasteiger partial charge in [-0.3, -0.25) is 4.79 Å². The predicted molar refractivity (Wildman–Crippen MR) is 87.5 cm³/mol. The molecule has 0 radical (unpaired) electrons. The third-order valence-electron chi connectivity index (χ3n) is 4.47. The SMILES string of the molecule is C=C1C2=C(O)[C@H](O)[C@H](C)C=C2C(=O)c2cc(OC)c(O)c(OC)c21. The molecule has 126 valence electrons. The Hall–Kier alpha value is -2.73. The third-order valence-corrected chi connectivity index (χ3v) is 4.47. The molecular weight excluding hydrogens is 312 g/mol. The highest BCUT2D eigenvalue weighted by atomic mass is 16.5. The molecule has 2 aliphatic carbocycles. The highest BCUT2D eigenvalue weighted by Gasteiger charge is 2.40. The lowest BCUT2D eigenvalue weighted by Crippen LogP contribution is -2.29. The summed E-state index contributed by atoms with van der Waals surface area (Å²) in [5.74, 6) is -1.19. The van der Waals surface area contributed by atoms with Crippen LogP contribution in [0.15, 0.2) is 35.6 Å². The lowest BCUT2D eigenvalue weighted by Gasteiger charge is -2.32. The average Bonchev–Trinajstić information content (AvgIpc) is 2.56. The summed E-state index contributed by atoms with van der Waals surface area (Å²) in [6.07, 6.45) is 0.495. The number of allylic oxidation sites excluding steroid dienone is 3. The van der Waals surface area contributed by atoms with E-state index < -0.39 is 12.0 Å². The molecular formula is C18H18O6. The van der Waals surface area contributed by atoms with Gasteiger partial charge in [0.2, 0.25) is 5.75 Å². The van der Waals surface area contributed by atoms with E-state index in [1.807, 2.05) is 0 Å². The second kappa shape index (κ2) is 5.42. The zero-order valence-corrected chi connectivity index (χ0v) is 13.6. The maximum Gasteiger partial charge on any atom is 0.201 e. The number of ketones is 1. The van der Waals surface area contributed by atoms with Crippen molar-refractivity contribution < 1.29 is 29.6 Å². The van der Waals surface area contributed by atoms with Crippen molar-refractivity contribution in [2.45, 2.75) is 13.0 Å². The molecule has 0 aliphatic heterocycles. The van der Waals surface area contributed by atoms with Gasteiger partial charge in [-0.15, -0.1) is 0 Å². The van der Waals surface area contributed by atoms with Crippen molar-refractivity contribution in [3.63, 3.8) is 0 Å². The molecule has 0 heterocycles. The van der Waals surface area contributed by atoms with Crippen molar-refractivity contribution in [2.75, 3.05) is 14.2 Å². The fourth-order valence-corrected chi connectivity index (χ4v) is 3.21. The van der Waals surface area contributed by atoms with Crippen LogP contribution in [0.25, 0.3) is 5.57 Å². The van der Waals surface area contributed by atoms with Crippen molar-refractivity contribution in [1.29, 1.82) is 0 Å². The van der Waals surface area contributed by atoms with Gasteiger partial charge in [-0.2, -0.15) is 0 Å². The van der Waals surface area contributed by atoms with Gasteiger partial charge in [-0.25, -0.2) is 0 Å². The second-order valence-electron chi connectivity index (χ2n) is 5.84. The first kappa shape index (κ1) is 16.1. The minimum absolute atomic E-state index is 0.0372. The first-order valence-electron chi connectivity index (χ1n) is 7.39. The van der Waals surface area contributed by atoms with Crippen LogP contribution in [0.1, 0.15) is 22.8 Å². The molecule has 0 fully saturated rings. The number of aliphatic hydroxyl groups excluding tert-OH is 2. The number of aromatic hydroxyl groups is 1. The first-order chi connectivity index (χ1) is 11.3. The Labute approximate surface area is 139 Å². The van der Waals surface area contributed by atoms with Gasteiger partial charge in [0.05, 0.1) is 14.2 Å². The highest BCUT2D eigenvalue weighted by molar-refractivity contribution is 6.22. The number of fused-ring (bicyclic) bond motifs is 2. The largest absolute Gasteiger partial charge is 0.509 e. The Bertz CT molecular complexity index is 830. The Kier molecular flexibility index (Phi) is 3.64. The van der Waals surface area contributed by atoms with Crippen LogP contribution in [0.3, 0.4) is 0 Å². The molecule has 0 amide bonds. The zero-order chi connectivity index (χ0) is 17.8. The number of hydrogen-bond acceptors (Lipinski definition) is 6. The van der Waals surface area contributed by atoms with E-state index in [-0.39, 0.29) is 51.1 Å². The maximum atomic E-state index is 12.9. The summed E-state index contributed by atoms with van der Waals surface area (Å²) >= 11 is 0. The van der Waals surface area contributed by atoms with Crippen LogP contribution in [-0.2, 0) is 0 Å². The molecule has 0 saturated carbocycles. The van der Waals surface area contributed by atoms with Crippen LogP contribution in [-0.4, -0.2) is 41.4 Å². The lowest BCUT2D eigenvalue weighted by molar-refractivity contribution is 0.100. The molecule has 3 rings (SSSR count). The van der Waals surface area contributed by atoms with Crippen LogP contribution in [0.5, 0.6) is 17.2 Å². The van der Waals surface area contributed by atoms with Gasteiger partial charge >= 0.3 is 0 Å². The maximum absolute atomic E-state index is 12.9. The van der Waals surface area contributed by atoms with Crippen LogP contribution in [0.2, 0.25) is 0 Å². The minimum Gasteiger partial charge on any atom is -0.509 e. The summed E-state index contributed by atoms with van der Waals surface area (Å²) in [6.45, 7) is 5.64. The average molecular weight is 330 g/mol. The van der Waals surface area contributed by atoms with Crippen molar-refractivity contribution >= 4 is 11.4 Å². The molecule has 0 bridgehead atoms. The Balaban J connectivity index is 2.37. The summed E-state index contributed by atoms with van der Waals surface area (Å²) in [4.78, 5) is 12.9. The summed E-state index contributed by atoms with van der Waals surface area (Å²) in [6, 6.07) is 1.42. The van der Waals surface area contributed by atoms with Gasteiger partial charge in [0.1, 0.15) is 11.9 Å². The molecule has 0 unspecified atom stereocenters.